The van der Waals surface area contributed by atoms with E-state index in [-0.39, 0.29) is 12.5 Å². The molecule has 1 amide bonds. The molecule has 3 heteroatoms. The summed E-state index contributed by atoms with van der Waals surface area (Å²) in [7, 11) is 0. The normalized spacial score (nSPS) is 11.1. The van der Waals surface area contributed by atoms with E-state index in [4.69, 9.17) is 0 Å². The zero-order valence-electron chi connectivity index (χ0n) is 10.5. The molecule has 0 rings (SSSR count). The molecule has 3 nitrogen and oxygen atoms in total. The van der Waals surface area contributed by atoms with Gasteiger partial charge in [-0.25, -0.2) is 5.11 Å². The van der Waals surface area contributed by atoms with Crippen molar-refractivity contribution in [1.29, 1.82) is 0 Å². The first-order valence-corrected chi connectivity index (χ1v) is 5.83. The first-order valence-electron chi connectivity index (χ1n) is 5.83. The lowest BCUT2D eigenvalue weighted by Crippen LogP contribution is -2.36. The minimum atomic E-state index is -0.150. The Labute approximate surface area is 93.5 Å². The van der Waals surface area contributed by atoms with Gasteiger partial charge in [0, 0.05) is 19.5 Å². The molecule has 0 N–H and O–H groups in total. The maximum absolute atomic E-state index is 11.8. The molecule has 0 aromatic carbocycles. The molecule has 0 aliphatic heterocycles. The number of hydrogen-bond donors (Lipinski definition) is 0. The fourth-order valence-electron chi connectivity index (χ4n) is 1.54. The van der Waals surface area contributed by atoms with Crippen molar-refractivity contribution in [2.24, 2.45) is 11.8 Å². The van der Waals surface area contributed by atoms with Crippen LogP contribution in [0.5, 0.6) is 0 Å². The monoisotopic (exact) mass is 214 g/mol. The molecule has 0 unspecified atom stereocenters. The second-order valence-electron chi connectivity index (χ2n) is 4.89. The summed E-state index contributed by atoms with van der Waals surface area (Å²) in [4.78, 5) is 13.7. The van der Waals surface area contributed by atoms with Crippen LogP contribution in [-0.4, -0.2) is 30.5 Å². The highest BCUT2D eigenvalue weighted by molar-refractivity contribution is 5.76. The molecule has 0 spiro atoms. The minimum Gasteiger partial charge on any atom is -0.342 e. The summed E-state index contributed by atoms with van der Waals surface area (Å²) in [5.41, 5.74) is 0. The van der Waals surface area contributed by atoms with E-state index in [9.17, 15) is 9.90 Å². The van der Waals surface area contributed by atoms with Gasteiger partial charge >= 0.3 is 0 Å². The minimum absolute atomic E-state index is 0.133. The lowest BCUT2D eigenvalue weighted by molar-refractivity contribution is -0.132. The molecule has 0 aromatic rings. The molecule has 0 saturated carbocycles. The second-order valence-corrected chi connectivity index (χ2v) is 4.89. The first kappa shape index (κ1) is 14.4. The van der Waals surface area contributed by atoms with E-state index >= 15 is 0 Å². The SMILES string of the molecule is CC(C)CN(CC(C)C)C(=O)CCC[O]. The fraction of sp³-hybridized carbons (Fsp3) is 0.917. The van der Waals surface area contributed by atoms with E-state index in [1.807, 2.05) is 4.90 Å². The largest absolute Gasteiger partial charge is 0.342 e. The van der Waals surface area contributed by atoms with Gasteiger partial charge in [0.25, 0.3) is 0 Å². The van der Waals surface area contributed by atoms with E-state index < -0.39 is 0 Å². The summed E-state index contributed by atoms with van der Waals surface area (Å²) in [6.45, 7) is 9.87. The van der Waals surface area contributed by atoms with Crippen LogP contribution in [0.2, 0.25) is 0 Å². The maximum Gasteiger partial charge on any atom is 0.222 e. The van der Waals surface area contributed by atoms with Crippen LogP contribution in [-0.2, 0) is 9.90 Å². The van der Waals surface area contributed by atoms with Crippen molar-refractivity contribution in [3.05, 3.63) is 0 Å². The van der Waals surface area contributed by atoms with Crippen LogP contribution in [0, 0.1) is 11.8 Å². The molecule has 0 saturated heterocycles. The maximum atomic E-state index is 11.8. The first-order chi connectivity index (χ1) is 6.97. The number of rotatable bonds is 7. The fourth-order valence-corrected chi connectivity index (χ4v) is 1.54. The number of hydrogen-bond acceptors (Lipinski definition) is 1. The number of nitrogens with zero attached hydrogens (tertiary/aromatic N) is 1. The molecule has 0 fully saturated rings. The van der Waals surface area contributed by atoms with E-state index in [0.29, 0.717) is 24.7 Å². The van der Waals surface area contributed by atoms with Crippen molar-refractivity contribution in [1.82, 2.24) is 4.90 Å². The van der Waals surface area contributed by atoms with Gasteiger partial charge in [0.05, 0.1) is 6.61 Å². The predicted octanol–water partition coefficient (Wildman–Crippen LogP) is 2.34. The van der Waals surface area contributed by atoms with E-state index in [2.05, 4.69) is 27.7 Å². The van der Waals surface area contributed by atoms with Gasteiger partial charge in [0.1, 0.15) is 0 Å². The van der Waals surface area contributed by atoms with E-state index in [1.165, 1.54) is 0 Å². The highest BCUT2D eigenvalue weighted by Crippen LogP contribution is 2.06. The number of carbonyl (C=O) groups is 1. The highest BCUT2D eigenvalue weighted by atomic mass is 16.3. The Bertz CT molecular complexity index is 168. The van der Waals surface area contributed by atoms with Gasteiger partial charge in [-0.15, -0.1) is 0 Å². The Morgan fingerprint density at radius 1 is 1.07 bits per heavy atom. The van der Waals surface area contributed by atoms with E-state index in [1.54, 1.807) is 0 Å². The summed E-state index contributed by atoms with van der Waals surface area (Å²) in [5.74, 6) is 1.10. The Hall–Kier alpha value is -0.570. The van der Waals surface area contributed by atoms with Crippen molar-refractivity contribution in [3.63, 3.8) is 0 Å². The quantitative estimate of drug-likeness (QED) is 0.641. The molecule has 89 valence electrons. The predicted molar refractivity (Wildman–Crippen MR) is 61.0 cm³/mol. The molecule has 0 aromatic heterocycles. The highest BCUT2D eigenvalue weighted by Gasteiger charge is 2.15. The van der Waals surface area contributed by atoms with E-state index in [0.717, 1.165) is 13.1 Å². The Morgan fingerprint density at radius 3 is 1.87 bits per heavy atom. The molecule has 0 aliphatic carbocycles. The zero-order valence-corrected chi connectivity index (χ0v) is 10.5. The van der Waals surface area contributed by atoms with Gasteiger partial charge in [-0.05, 0) is 18.3 Å². The van der Waals surface area contributed by atoms with Crippen LogP contribution in [0.1, 0.15) is 40.5 Å². The van der Waals surface area contributed by atoms with Crippen LogP contribution in [0.3, 0.4) is 0 Å². The molecule has 0 bridgehead atoms. The molecular formula is C12H24NO2. The van der Waals surface area contributed by atoms with Gasteiger partial charge in [-0.1, -0.05) is 27.7 Å². The van der Waals surface area contributed by atoms with Crippen LogP contribution in [0.25, 0.3) is 0 Å². The van der Waals surface area contributed by atoms with Crippen molar-refractivity contribution >= 4 is 5.91 Å². The number of amides is 1. The topological polar surface area (TPSA) is 40.2 Å². The van der Waals surface area contributed by atoms with Crippen LogP contribution in [0.15, 0.2) is 0 Å². The Morgan fingerprint density at radius 2 is 1.53 bits per heavy atom. The lowest BCUT2D eigenvalue weighted by Gasteiger charge is -2.26. The van der Waals surface area contributed by atoms with Crippen molar-refractivity contribution in [2.75, 3.05) is 19.7 Å². The smallest absolute Gasteiger partial charge is 0.222 e. The summed E-state index contributed by atoms with van der Waals surface area (Å²) >= 11 is 0. The van der Waals surface area contributed by atoms with Gasteiger partial charge in [-0.3, -0.25) is 4.79 Å². The molecule has 0 atom stereocenters. The zero-order chi connectivity index (χ0) is 11.8. The van der Waals surface area contributed by atoms with Gasteiger partial charge < -0.3 is 4.90 Å². The average Bonchev–Trinajstić information content (AvgIpc) is 2.11. The average molecular weight is 214 g/mol. The summed E-state index contributed by atoms with van der Waals surface area (Å²) in [5, 5.41) is 10.3. The molecule has 1 radical (unpaired) electrons. The molecule has 0 aliphatic rings. The lowest BCUT2D eigenvalue weighted by atomic mass is 10.1. The van der Waals surface area contributed by atoms with Gasteiger partial charge in [-0.2, -0.15) is 0 Å². The van der Waals surface area contributed by atoms with Crippen molar-refractivity contribution < 1.29 is 9.90 Å². The van der Waals surface area contributed by atoms with Crippen molar-refractivity contribution in [3.8, 4) is 0 Å². The summed E-state index contributed by atoms with van der Waals surface area (Å²) in [6.07, 6.45) is 0.870. The third-order valence-electron chi connectivity index (χ3n) is 2.06. The Balaban J connectivity index is 4.14. The van der Waals surface area contributed by atoms with Gasteiger partial charge in [0.2, 0.25) is 5.91 Å². The van der Waals surface area contributed by atoms with Crippen LogP contribution < -0.4 is 0 Å². The Kier molecular flexibility index (Phi) is 7.39. The second kappa shape index (κ2) is 7.69. The van der Waals surface area contributed by atoms with Gasteiger partial charge in [0.15, 0.2) is 0 Å². The van der Waals surface area contributed by atoms with Crippen LogP contribution in [0.4, 0.5) is 0 Å². The molecule has 15 heavy (non-hydrogen) atoms. The summed E-state index contributed by atoms with van der Waals surface area (Å²) < 4.78 is 0. The van der Waals surface area contributed by atoms with Crippen LogP contribution >= 0.6 is 0 Å². The molecule has 0 heterocycles. The number of carbonyl (C=O) groups excluding carboxylic acids is 1. The third kappa shape index (κ3) is 7.37. The van der Waals surface area contributed by atoms with Crippen molar-refractivity contribution in [2.45, 2.75) is 40.5 Å². The third-order valence-corrected chi connectivity index (χ3v) is 2.06. The summed E-state index contributed by atoms with van der Waals surface area (Å²) in [6, 6.07) is 0. The molecular weight excluding hydrogens is 190 g/mol. The standard InChI is InChI=1S/C12H24NO2/c1-10(2)8-13(9-11(3)4)12(15)6-5-7-14/h10-11H,5-9H2,1-4H3.